The average molecular weight is 460 g/mol. The van der Waals surface area contributed by atoms with Gasteiger partial charge in [0.15, 0.2) is 5.82 Å². The van der Waals surface area contributed by atoms with Gasteiger partial charge in [0, 0.05) is 35.6 Å². The molecule has 0 aliphatic carbocycles. The van der Waals surface area contributed by atoms with E-state index in [4.69, 9.17) is 32.8 Å². The molecule has 0 bridgehead atoms. The summed E-state index contributed by atoms with van der Waals surface area (Å²) in [6, 6.07) is 1.95. The molecule has 3 aromatic rings. The highest BCUT2D eigenvalue weighted by Gasteiger charge is 2.47. The van der Waals surface area contributed by atoms with Crippen molar-refractivity contribution in [1.82, 2.24) is 19.4 Å². The summed E-state index contributed by atoms with van der Waals surface area (Å²) < 4.78 is 7.94. The lowest BCUT2D eigenvalue weighted by Crippen LogP contribution is -2.50. The van der Waals surface area contributed by atoms with E-state index in [0.29, 0.717) is 10.8 Å². The third-order valence-electron chi connectivity index (χ3n) is 6.66. The van der Waals surface area contributed by atoms with Gasteiger partial charge in [-0.25, -0.2) is 15.0 Å². The van der Waals surface area contributed by atoms with Crippen LogP contribution in [0.2, 0.25) is 5.02 Å². The van der Waals surface area contributed by atoms with Crippen LogP contribution in [0.5, 0.6) is 0 Å². The molecule has 2 fully saturated rings. The van der Waals surface area contributed by atoms with Crippen LogP contribution in [0.25, 0.3) is 5.52 Å². The Hall–Kier alpha value is -2.07. The molecule has 10 heteroatoms. The molecule has 0 amide bonds. The fraction of sp³-hybridized carbons (Fsp3) is 0.476. The maximum atomic E-state index is 6.49. The monoisotopic (exact) mass is 459 g/mol. The predicted octanol–water partition coefficient (Wildman–Crippen LogP) is 3.15. The van der Waals surface area contributed by atoms with Crippen LogP contribution in [0.1, 0.15) is 25.5 Å². The van der Waals surface area contributed by atoms with Gasteiger partial charge < -0.3 is 21.1 Å². The first-order chi connectivity index (χ1) is 14.9. The SMILES string of the molecule is Cc1nc(N2CCC3(CC2)COC(C)[C@H]3N)c2cncn2c1Sc1ccnc(N)c1Cl. The molecule has 164 valence electrons. The van der Waals surface area contributed by atoms with Crippen LogP contribution in [0, 0.1) is 12.3 Å². The smallest absolute Gasteiger partial charge is 0.154 e. The maximum Gasteiger partial charge on any atom is 0.154 e. The van der Waals surface area contributed by atoms with Crippen LogP contribution in [0.3, 0.4) is 0 Å². The fourth-order valence-corrected chi connectivity index (χ4v) is 5.87. The summed E-state index contributed by atoms with van der Waals surface area (Å²) in [6.45, 7) is 6.64. The zero-order valence-electron chi connectivity index (χ0n) is 17.6. The number of hydrogen-bond acceptors (Lipinski definition) is 8. The Morgan fingerprint density at radius 1 is 1.32 bits per heavy atom. The van der Waals surface area contributed by atoms with E-state index in [9.17, 15) is 0 Å². The van der Waals surface area contributed by atoms with Gasteiger partial charge >= 0.3 is 0 Å². The molecule has 2 atom stereocenters. The molecular formula is C21H26ClN7OS. The van der Waals surface area contributed by atoms with Gasteiger partial charge in [-0.15, -0.1) is 0 Å². The number of anilines is 2. The Bertz CT molecular complexity index is 1130. The van der Waals surface area contributed by atoms with Crippen molar-refractivity contribution < 1.29 is 4.74 Å². The number of aromatic nitrogens is 4. The van der Waals surface area contributed by atoms with Crippen LogP contribution in [-0.2, 0) is 4.74 Å². The van der Waals surface area contributed by atoms with Crippen LogP contribution in [0.15, 0.2) is 34.7 Å². The number of nitrogens with two attached hydrogens (primary N) is 2. The first kappa shape index (κ1) is 20.8. The molecular weight excluding hydrogens is 434 g/mol. The molecule has 0 radical (unpaired) electrons. The zero-order chi connectivity index (χ0) is 21.8. The van der Waals surface area contributed by atoms with Gasteiger partial charge in [0.1, 0.15) is 22.7 Å². The largest absolute Gasteiger partial charge is 0.382 e. The predicted molar refractivity (Wildman–Crippen MR) is 123 cm³/mol. The first-order valence-corrected chi connectivity index (χ1v) is 11.6. The minimum Gasteiger partial charge on any atom is -0.382 e. The Kier molecular flexibility index (Phi) is 5.24. The van der Waals surface area contributed by atoms with Crippen molar-refractivity contribution in [3.05, 3.63) is 35.5 Å². The van der Waals surface area contributed by atoms with E-state index in [1.165, 1.54) is 11.8 Å². The number of nitrogens with zero attached hydrogens (tertiary/aromatic N) is 5. The number of piperidine rings is 1. The number of halogens is 1. The topological polar surface area (TPSA) is 108 Å². The maximum absolute atomic E-state index is 6.49. The summed E-state index contributed by atoms with van der Waals surface area (Å²) in [6.07, 6.45) is 7.48. The second kappa shape index (κ2) is 7.81. The molecule has 3 aromatic heterocycles. The van der Waals surface area contributed by atoms with E-state index in [0.717, 1.165) is 59.5 Å². The third-order valence-corrected chi connectivity index (χ3v) is 8.42. The lowest BCUT2D eigenvalue weighted by Gasteiger charge is -2.41. The summed E-state index contributed by atoms with van der Waals surface area (Å²) >= 11 is 7.89. The number of nitrogen functional groups attached to an aromatic ring is 1. The van der Waals surface area contributed by atoms with E-state index < -0.39 is 0 Å². The summed E-state index contributed by atoms with van der Waals surface area (Å²) in [4.78, 5) is 16.6. The number of rotatable bonds is 3. The minimum absolute atomic E-state index is 0.0787. The van der Waals surface area contributed by atoms with Crippen LogP contribution >= 0.6 is 23.4 Å². The first-order valence-electron chi connectivity index (χ1n) is 10.4. The fourth-order valence-electron chi connectivity index (χ4n) is 4.68. The summed E-state index contributed by atoms with van der Waals surface area (Å²) in [5.41, 5.74) is 14.3. The molecule has 2 aliphatic rings. The van der Waals surface area contributed by atoms with E-state index in [-0.39, 0.29) is 17.6 Å². The summed E-state index contributed by atoms with van der Waals surface area (Å²) in [7, 11) is 0. The molecule has 2 saturated heterocycles. The normalized spacial score (nSPS) is 23.2. The Balaban J connectivity index is 1.45. The van der Waals surface area contributed by atoms with Crippen LogP contribution in [-0.4, -0.2) is 51.2 Å². The molecule has 0 aromatic carbocycles. The molecule has 5 rings (SSSR count). The van der Waals surface area contributed by atoms with Crippen molar-refractivity contribution in [3.63, 3.8) is 0 Å². The van der Waals surface area contributed by atoms with E-state index >= 15 is 0 Å². The lowest BCUT2D eigenvalue weighted by molar-refractivity contribution is 0.0974. The molecule has 8 nitrogen and oxygen atoms in total. The van der Waals surface area contributed by atoms with Gasteiger partial charge in [-0.05, 0) is 32.8 Å². The van der Waals surface area contributed by atoms with Gasteiger partial charge in [0.05, 0.1) is 29.6 Å². The number of imidazole rings is 1. The van der Waals surface area contributed by atoms with Crippen LogP contribution < -0.4 is 16.4 Å². The minimum atomic E-state index is 0.0787. The Labute approximate surface area is 190 Å². The number of ether oxygens (including phenoxy) is 1. The van der Waals surface area contributed by atoms with Gasteiger partial charge in [-0.2, -0.15) is 0 Å². The van der Waals surface area contributed by atoms with Crippen molar-refractivity contribution in [2.75, 3.05) is 30.3 Å². The standard InChI is InChI=1S/C21H26ClN7OS/c1-12-20(31-15-3-6-26-18(24)16(15)22)29-11-25-9-14(29)19(27-12)28-7-4-21(5-8-28)10-30-13(2)17(21)23/h3,6,9,11,13,17H,4-5,7-8,10,23H2,1-2H3,(H2,24,26)/t13?,17-/m1/s1. The number of fused-ring (bicyclic) bond motifs is 1. The van der Waals surface area contributed by atoms with Crippen molar-refractivity contribution in [1.29, 1.82) is 0 Å². The van der Waals surface area contributed by atoms with Gasteiger partial charge in [0.2, 0.25) is 0 Å². The molecule has 31 heavy (non-hydrogen) atoms. The van der Waals surface area contributed by atoms with Gasteiger partial charge in [0.25, 0.3) is 0 Å². The zero-order valence-corrected chi connectivity index (χ0v) is 19.2. The van der Waals surface area contributed by atoms with E-state index in [1.807, 2.05) is 25.5 Å². The molecule has 1 unspecified atom stereocenters. The van der Waals surface area contributed by atoms with Crippen molar-refractivity contribution in [2.24, 2.45) is 11.1 Å². The van der Waals surface area contributed by atoms with Crippen molar-refractivity contribution in [3.8, 4) is 0 Å². The highest BCUT2D eigenvalue weighted by molar-refractivity contribution is 7.99. The second-order valence-electron chi connectivity index (χ2n) is 8.48. The van der Waals surface area contributed by atoms with Gasteiger partial charge in [-0.1, -0.05) is 23.4 Å². The van der Waals surface area contributed by atoms with E-state index in [2.05, 4.69) is 26.2 Å². The average Bonchev–Trinajstić information content (AvgIpc) is 3.35. The molecule has 5 heterocycles. The number of aryl methyl sites for hydroxylation is 1. The lowest BCUT2D eigenvalue weighted by atomic mass is 9.73. The highest BCUT2D eigenvalue weighted by Crippen LogP contribution is 2.43. The van der Waals surface area contributed by atoms with Gasteiger partial charge in [-0.3, -0.25) is 4.40 Å². The molecule has 1 spiro atoms. The van der Waals surface area contributed by atoms with E-state index in [1.54, 1.807) is 6.20 Å². The Morgan fingerprint density at radius 2 is 2.10 bits per heavy atom. The Morgan fingerprint density at radius 3 is 2.81 bits per heavy atom. The quantitative estimate of drug-likeness (QED) is 0.615. The summed E-state index contributed by atoms with van der Waals surface area (Å²) in [5.74, 6) is 1.27. The molecule has 2 aliphatic heterocycles. The number of hydrogen-bond donors (Lipinski definition) is 2. The van der Waals surface area contributed by atoms with Crippen LogP contribution in [0.4, 0.5) is 11.6 Å². The second-order valence-corrected chi connectivity index (χ2v) is 9.89. The summed E-state index contributed by atoms with van der Waals surface area (Å²) in [5, 5.41) is 1.41. The molecule has 4 N–H and O–H groups in total. The van der Waals surface area contributed by atoms with Crippen molar-refractivity contribution in [2.45, 2.75) is 48.8 Å². The molecule has 0 saturated carbocycles. The third kappa shape index (κ3) is 3.44. The number of pyridine rings is 1. The van der Waals surface area contributed by atoms with Crippen molar-refractivity contribution >= 4 is 40.5 Å². The highest BCUT2D eigenvalue weighted by atomic mass is 35.5.